The van der Waals surface area contributed by atoms with Crippen LogP contribution in [0.1, 0.15) is 9.75 Å². The quantitative estimate of drug-likeness (QED) is 0.695. The first kappa shape index (κ1) is 9.30. The summed E-state index contributed by atoms with van der Waals surface area (Å²) >= 11 is 10.7. The van der Waals surface area contributed by atoms with Gasteiger partial charge in [-0.1, -0.05) is 6.08 Å². The molecule has 0 unspecified atom stereocenters. The van der Waals surface area contributed by atoms with E-state index in [2.05, 4.69) is 28.9 Å². The van der Waals surface area contributed by atoms with Crippen molar-refractivity contribution >= 4 is 44.9 Å². The molecule has 1 aromatic heterocycles. The van der Waals surface area contributed by atoms with Crippen molar-refractivity contribution in [2.45, 2.75) is 6.92 Å². The molecule has 1 aromatic rings. The van der Waals surface area contributed by atoms with Crippen molar-refractivity contribution in [1.29, 1.82) is 0 Å². The Bertz CT molecular complexity index is 246. The van der Waals surface area contributed by atoms with Crippen molar-refractivity contribution in [2.24, 2.45) is 0 Å². The smallest absolute Gasteiger partial charge is 0.0407 e. The van der Waals surface area contributed by atoms with Crippen LogP contribution in [0.25, 0.3) is 6.08 Å². The van der Waals surface area contributed by atoms with Crippen LogP contribution in [0.3, 0.4) is 0 Å². The minimum atomic E-state index is 0.578. The highest BCUT2D eigenvalue weighted by Gasteiger charge is 1.98. The zero-order valence-electron chi connectivity index (χ0n) is 6.10. The minimum Gasteiger partial charge on any atom is -0.140 e. The van der Waals surface area contributed by atoms with Gasteiger partial charge in [-0.2, -0.15) is 0 Å². The zero-order valence-corrected chi connectivity index (χ0v) is 9.26. The molecule has 0 N–H and O–H groups in total. The maximum Gasteiger partial charge on any atom is 0.0407 e. The van der Waals surface area contributed by atoms with E-state index in [0.29, 0.717) is 5.88 Å². The molecule has 1 rings (SSSR count). The molecule has 0 nitrogen and oxygen atoms in total. The average molecular weight is 252 g/mol. The molecule has 0 fully saturated rings. The first-order valence-electron chi connectivity index (χ1n) is 3.22. The third-order valence-corrected chi connectivity index (χ3v) is 3.53. The second-order valence-corrected chi connectivity index (χ2v) is 4.56. The second kappa shape index (κ2) is 4.29. The number of thiophene rings is 1. The molecule has 0 aliphatic rings. The highest BCUT2D eigenvalue weighted by Crippen LogP contribution is 2.26. The summed E-state index contributed by atoms with van der Waals surface area (Å²) in [6.07, 6.45) is 3.98. The second-order valence-electron chi connectivity index (χ2n) is 2.11. The maximum atomic E-state index is 5.50. The monoisotopic (exact) mass is 250 g/mol. The predicted octanol–water partition coefficient (Wildman–Crippen LogP) is 4.07. The lowest BCUT2D eigenvalue weighted by atomic mass is 10.4. The van der Waals surface area contributed by atoms with Crippen molar-refractivity contribution in [3.8, 4) is 0 Å². The molecule has 60 valence electrons. The van der Waals surface area contributed by atoms with E-state index in [4.69, 9.17) is 11.6 Å². The molecule has 3 heteroatoms. The molecule has 0 saturated heterocycles. The minimum absolute atomic E-state index is 0.578. The van der Waals surface area contributed by atoms with Gasteiger partial charge in [0.1, 0.15) is 0 Å². The number of rotatable bonds is 2. The summed E-state index contributed by atoms with van der Waals surface area (Å²) in [5.41, 5.74) is 0. The van der Waals surface area contributed by atoms with Gasteiger partial charge in [-0.15, -0.1) is 22.9 Å². The van der Waals surface area contributed by atoms with Gasteiger partial charge in [-0.05, 0) is 35.0 Å². The van der Waals surface area contributed by atoms with Crippen LogP contribution in [0.2, 0.25) is 0 Å². The molecular weight excluding hydrogens is 244 g/mol. The molecule has 0 spiro atoms. The van der Waals surface area contributed by atoms with Gasteiger partial charge in [0, 0.05) is 20.1 Å². The molecule has 0 aliphatic heterocycles. The fourth-order valence-corrected chi connectivity index (χ4v) is 2.31. The lowest BCUT2D eigenvalue weighted by Gasteiger charge is -1.79. The summed E-state index contributed by atoms with van der Waals surface area (Å²) in [4.78, 5) is 2.55. The van der Waals surface area contributed by atoms with Crippen LogP contribution in [0, 0.1) is 6.92 Å². The SMILES string of the molecule is Cc1sc(/C=C/CCl)cc1Br. The van der Waals surface area contributed by atoms with E-state index in [-0.39, 0.29) is 0 Å². The molecule has 11 heavy (non-hydrogen) atoms. The predicted molar refractivity (Wildman–Crippen MR) is 56.5 cm³/mol. The van der Waals surface area contributed by atoms with Crippen LogP contribution in [-0.4, -0.2) is 5.88 Å². The van der Waals surface area contributed by atoms with Crippen molar-refractivity contribution in [1.82, 2.24) is 0 Å². The van der Waals surface area contributed by atoms with E-state index >= 15 is 0 Å². The summed E-state index contributed by atoms with van der Waals surface area (Å²) in [6, 6.07) is 2.10. The van der Waals surface area contributed by atoms with Crippen LogP contribution < -0.4 is 0 Å². The Morgan fingerprint density at radius 3 is 2.91 bits per heavy atom. The van der Waals surface area contributed by atoms with Gasteiger partial charge in [0.15, 0.2) is 0 Å². The first-order chi connectivity index (χ1) is 5.24. The Hall–Kier alpha value is 0.210. The van der Waals surface area contributed by atoms with E-state index < -0.39 is 0 Å². The van der Waals surface area contributed by atoms with Gasteiger partial charge in [-0.25, -0.2) is 0 Å². The highest BCUT2D eigenvalue weighted by atomic mass is 79.9. The highest BCUT2D eigenvalue weighted by molar-refractivity contribution is 9.10. The van der Waals surface area contributed by atoms with Crippen molar-refractivity contribution in [3.05, 3.63) is 26.4 Å². The molecular formula is C8H8BrClS. The summed E-state index contributed by atoms with van der Waals surface area (Å²) in [7, 11) is 0. The fourth-order valence-electron chi connectivity index (χ4n) is 0.724. The van der Waals surface area contributed by atoms with Gasteiger partial charge in [0.25, 0.3) is 0 Å². The van der Waals surface area contributed by atoms with Gasteiger partial charge >= 0.3 is 0 Å². The van der Waals surface area contributed by atoms with E-state index in [0.717, 1.165) is 0 Å². The topological polar surface area (TPSA) is 0 Å². The van der Waals surface area contributed by atoms with E-state index in [9.17, 15) is 0 Å². The molecule has 0 atom stereocenters. The Balaban J connectivity index is 2.80. The van der Waals surface area contributed by atoms with Crippen LogP contribution in [0.4, 0.5) is 0 Å². The molecule has 0 bridgehead atoms. The van der Waals surface area contributed by atoms with Gasteiger partial charge < -0.3 is 0 Å². The molecule has 0 aromatic carbocycles. The normalized spacial score (nSPS) is 11.2. The van der Waals surface area contributed by atoms with Crippen LogP contribution >= 0.6 is 38.9 Å². The third-order valence-electron chi connectivity index (χ3n) is 1.25. The lowest BCUT2D eigenvalue weighted by molar-refractivity contribution is 1.59. The molecule has 0 amide bonds. The van der Waals surface area contributed by atoms with E-state index in [1.54, 1.807) is 11.3 Å². The average Bonchev–Trinajstić information content (AvgIpc) is 2.28. The van der Waals surface area contributed by atoms with Gasteiger partial charge in [0.2, 0.25) is 0 Å². The Kier molecular flexibility index (Phi) is 3.63. The van der Waals surface area contributed by atoms with Crippen LogP contribution in [-0.2, 0) is 0 Å². The van der Waals surface area contributed by atoms with E-state index in [1.807, 2.05) is 12.2 Å². The lowest BCUT2D eigenvalue weighted by Crippen LogP contribution is -1.59. The van der Waals surface area contributed by atoms with Crippen LogP contribution in [0.15, 0.2) is 16.6 Å². The van der Waals surface area contributed by atoms with Gasteiger partial charge in [-0.3, -0.25) is 0 Å². The molecule has 1 heterocycles. The number of halogens is 2. The number of allylic oxidation sites excluding steroid dienone is 1. The van der Waals surface area contributed by atoms with Gasteiger partial charge in [0.05, 0.1) is 0 Å². The number of aryl methyl sites for hydroxylation is 1. The Morgan fingerprint density at radius 1 is 1.73 bits per heavy atom. The third kappa shape index (κ3) is 2.62. The van der Waals surface area contributed by atoms with Crippen molar-refractivity contribution in [3.63, 3.8) is 0 Å². The summed E-state index contributed by atoms with van der Waals surface area (Å²) in [5, 5.41) is 0. The molecule has 0 aliphatic carbocycles. The largest absolute Gasteiger partial charge is 0.140 e. The molecule has 0 saturated carbocycles. The van der Waals surface area contributed by atoms with Crippen LogP contribution in [0.5, 0.6) is 0 Å². The Labute approximate surface area is 84.0 Å². The summed E-state index contributed by atoms with van der Waals surface area (Å²) in [6.45, 7) is 2.09. The van der Waals surface area contributed by atoms with Crippen molar-refractivity contribution in [2.75, 3.05) is 5.88 Å². The van der Waals surface area contributed by atoms with Crippen molar-refractivity contribution < 1.29 is 0 Å². The van der Waals surface area contributed by atoms with E-state index in [1.165, 1.54) is 14.2 Å². The number of hydrogen-bond donors (Lipinski definition) is 0. The standard InChI is InChI=1S/C8H8BrClS/c1-6-8(9)5-7(11-6)3-2-4-10/h2-3,5H,4H2,1H3/b3-2+. The maximum absolute atomic E-state index is 5.50. The number of hydrogen-bond acceptors (Lipinski definition) is 1. The molecule has 0 radical (unpaired) electrons. The summed E-state index contributed by atoms with van der Waals surface area (Å²) in [5.74, 6) is 0.578. The Morgan fingerprint density at radius 2 is 2.45 bits per heavy atom. The number of alkyl halides is 1. The zero-order chi connectivity index (χ0) is 8.27. The fraction of sp³-hybridized carbons (Fsp3) is 0.250. The summed E-state index contributed by atoms with van der Waals surface area (Å²) < 4.78 is 1.18. The first-order valence-corrected chi connectivity index (χ1v) is 5.37.